The lowest BCUT2D eigenvalue weighted by molar-refractivity contribution is -0.117. The van der Waals surface area contributed by atoms with E-state index in [1.807, 2.05) is 0 Å². The molecule has 1 aromatic carbocycles. The molecule has 0 saturated carbocycles. The van der Waals surface area contributed by atoms with E-state index in [0.29, 0.717) is 53.3 Å². The van der Waals surface area contributed by atoms with Crippen molar-refractivity contribution in [1.82, 2.24) is 9.80 Å². The molecule has 3 heterocycles. The first-order valence-corrected chi connectivity index (χ1v) is 13.2. The average molecular weight is 519 g/mol. The molecule has 0 radical (unpaired) electrons. The molecule has 10 heteroatoms. The van der Waals surface area contributed by atoms with E-state index in [0.717, 1.165) is 30.0 Å². The molecule has 35 heavy (non-hydrogen) atoms. The summed E-state index contributed by atoms with van der Waals surface area (Å²) in [6.45, 7) is 7.14. The summed E-state index contributed by atoms with van der Waals surface area (Å²) in [7, 11) is 0. The number of nitrogens with one attached hydrogen (secondary N) is 2. The number of carbonyl (C=O) groups excluding carboxylic acids is 3. The van der Waals surface area contributed by atoms with Gasteiger partial charge < -0.3 is 20.3 Å². The second-order valence-corrected chi connectivity index (χ2v) is 10.6. The fourth-order valence-electron chi connectivity index (χ4n) is 4.66. The van der Waals surface area contributed by atoms with Crippen LogP contribution in [0.1, 0.15) is 47.5 Å². The van der Waals surface area contributed by atoms with Gasteiger partial charge in [-0.25, -0.2) is 4.79 Å². The van der Waals surface area contributed by atoms with Gasteiger partial charge in [0.1, 0.15) is 5.00 Å². The van der Waals surface area contributed by atoms with Crippen molar-refractivity contribution in [3.05, 3.63) is 45.3 Å². The third-order valence-electron chi connectivity index (χ3n) is 6.25. The van der Waals surface area contributed by atoms with Crippen molar-refractivity contribution >= 4 is 51.5 Å². The Bertz CT molecular complexity index is 1110. The monoisotopic (exact) mass is 518 g/mol. The highest BCUT2D eigenvalue weighted by atomic mass is 35.5. The normalized spacial score (nSPS) is 18.0. The lowest BCUT2D eigenvalue weighted by Gasteiger charge is -2.30. The summed E-state index contributed by atoms with van der Waals surface area (Å²) in [6.07, 6.45) is 2.39. The number of likely N-dealkylation sites (tertiary alicyclic amines) is 1. The van der Waals surface area contributed by atoms with Crippen LogP contribution in [-0.2, 0) is 22.5 Å². The Hall–Kier alpha value is -2.62. The second-order valence-electron chi connectivity index (χ2n) is 9.07. The molecule has 2 aromatic rings. The van der Waals surface area contributed by atoms with Crippen LogP contribution in [0.3, 0.4) is 0 Å². The number of piperidine rings is 1. The van der Waals surface area contributed by atoms with Gasteiger partial charge in [0, 0.05) is 28.7 Å². The summed E-state index contributed by atoms with van der Waals surface area (Å²) in [4.78, 5) is 43.3. The highest BCUT2D eigenvalue weighted by molar-refractivity contribution is 7.17. The van der Waals surface area contributed by atoms with Crippen LogP contribution >= 0.6 is 22.9 Å². The summed E-state index contributed by atoms with van der Waals surface area (Å²) >= 11 is 7.43. The van der Waals surface area contributed by atoms with E-state index in [9.17, 15) is 14.4 Å². The Morgan fingerprint density at radius 2 is 2.06 bits per heavy atom. The number of benzene rings is 1. The van der Waals surface area contributed by atoms with Crippen molar-refractivity contribution in [2.45, 2.75) is 39.7 Å². The lowest BCUT2D eigenvalue weighted by Crippen LogP contribution is -2.39. The Morgan fingerprint density at radius 3 is 2.80 bits per heavy atom. The average Bonchev–Trinajstić information content (AvgIpc) is 3.16. The number of fused-ring (bicyclic) bond motifs is 1. The Labute approximate surface area is 214 Å². The largest absolute Gasteiger partial charge is 0.450 e. The molecule has 1 atom stereocenters. The maximum atomic E-state index is 13.4. The molecule has 0 spiro atoms. The topological polar surface area (TPSA) is 91.0 Å². The van der Waals surface area contributed by atoms with Gasteiger partial charge in [0.05, 0.1) is 25.3 Å². The smallest absolute Gasteiger partial charge is 0.410 e. The molecule has 8 nitrogen and oxygen atoms in total. The van der Waals surface area contributed by atoms with Gasteiger partial charge >= 0.3 is 6.09 Å². The first-order chi connectivity index (χ1) is 16.8. The van der Waals surface area contributed by atoms with Crippen LogP contribution in [0.4, 0.5) is 15.5 Å². The summed E-state index contributed by atoms with van der Waals surface area (Å²) in [5.74, 6) is 0.117. The minimum atomic E-state index is -0.374. The molecule has 2 aliphatic heterocycles. The predicted molar refractivity (Wildman–Crippen MR) is 138 cm³/mol. The number of carbonyl (C=O) groups is 3. The number of hydrogen-bond acceptors (Lipinski definition) is 6. The van der Waals surface area contributed by atoms with E-state index in [1.165, 1.54) is 17.8 Å². The highest BCUT2D eigenvalue weighted by Gasteiger charge is 2.31. The maximum absolute atomic E-state index is 13.4. The van der Waals surface area contributed by atoms with Crippen molar-refractivity contribution in [2.24, 2.45) is 5.92 Å². The fraction of sp³-hybridized carbons (Fsp3) is 0.480. The molecular weight excluding hydrogens is 488 g/mol. The van der Waals surface area contributed by atoms with Crippen molar-refractivity contribution in [3.8, 4) is 0 Å². The number of amides is 3. The quantitative estimate of drug-likeness (QED) is 0.571. The van der Waals surface area contributed by atoms with Crippen LogP contribution in [-0.4, -0.2) is 60.5 Å². The van der Waals surface area contributed by atoms with Crippen molar-refractivity contribution in [1.29, 1.82) is 0 Å². The second kappa shape index (κ2) is 11.4. The predicted octanol–water partition coefficient (Wildman–Crippen LogP) is 4.84. The summed E-state index contributed by atoms with van der Waals surface area (Å²) in [5, 5.41) is 6.93. The summed E-state index contributed by atoms with van der Waals surface area (Å²) < 4.78 is 5.15. The van der Waals surface area contributed by atoms with Crippen LogP contribution in [0.15, 0.2) is 24.3 Å². The summed E-state index contributed by atoms with van der Waals surface area (Å²) in [6, 6.07) is 6.94. The van der Waals surface area contributed by atoms with Gasteiger partial charge in [0.25, 0.3) is 5.91 Å². The standard InChI is InChI=1S/C25H31ClN4O4S/c1-3-34-25(33)30-11-9-19-20(14-30)35-24(28-21(31)15-29-10-5-6-16(2)13-29)22(19)23(32)27-18-8-4-7-17(26)12-18/h4,7-8,12,16H,3,5-6,9-11,13-15H2,1-2H3,(H,27,32)(H,28,31)/t16-/m1/s1. The third kappa shape index (κ3) is 6.34. The van der Waals surface area contributed by atoms with Crippen LogP contribution in [0.2, 0.25) is 5.02 Å². The molecule has 0 bridgehead atoms. The molecule has 2 N–H and O–H groups in total. The zero-order chi connectivity index (χ0) is 24.9. The van der Waals surface area contributed by atoms with Crippen LogP contribution < -0.4 is 10.6 Å². The third-order valence-corrected chi connectivity index (χ3v) is 7.62. The van der Waals surface area contributed by atoms with Crippen molar-refractivity contribution < 1.29 is 19.1 Å². The van der Waals surface area contributed by atoms with Crippen LogP contribution in [0.5, 0.6) is 0 Å². The first-order valence-electron chi connectivity index (χ1n) is 12.0. The van der Waals surface area contributed by atoms with Crippen LogP contribution in [0.25, 0.3) is 0 Å². The van der Waals surface area contributed by atoms with Gasteiger partial charge in [-0.15, -0.1) is 11.3 Å². The Kier molecular flexibility index (Phi) is 8.30. The molecule has 1 aromatic heterocycles. The number of nitrogens with zero attached hydrogens (tertiary/aromatic N) is 2. The molecule has 1 fully saturated rings. The van der Waals surface area contributed by atoms with E-state index in [4.69, 9.17) is 16.3 Å². The van der Waals surface area contributed by atoms with Gasteiger partial charge in [0.2, 0.25) is 5.91 Å². The van der Waals surface area contributed by atoms with E-state index < -0.39 is 0 Å². The maximum Gasteiger partial charge on any atom is 0.410 e. The summed E-state index contributed by atoms with van der Waals surface area (Å²) in [5.41, 5.74) is 1.89. The van der Waals surface area contributed by atoms with Gasteiger partial charge in [-0.1, -0.05) is 24.6 Å². The SMILES string of the molecule is CCOC(=O)N1CCc2c(sc(NC(=O)CN3CCC[C@@H](C)C3)c2C(=O)Nc2cccc(Cl)c2)C1. The van der Waals surface area contributed by atoms with E-state index >= 15 is 0 Å². The molecule has 4 rings (SSSR count). The molecule has 0 aliphatic carbocycles. The molecule has 3 amide bonds. The zero-order valence-corrected chi connectivity index (χ0v) is 21.6. The van der Waals surface area contributed by atoms with Gasteiger partial charge in [0.15, 0.2) is 0 Å². The van der Waals surface area contributed by atoms with Gasteiger partial charge in [-0.05, 0) is 62.4 Å². The number of rotatable bonds is 6. The number of thiophene rings is 1. The molecule has 1 saturated heterocycles. The number of hydrogen-bond donors (Lipinski definition) is 2. The lowest BCUT2D eigenvalue weighted by atomic mass is 10.0. The fourth-order valence-corrected chi connectivity index (χ4v) is 6.13. The van der Waals surface area contributed by atoms with Gasteiger partial charge in [-0.2, -0.15) is 0 Å². The molecule has 188 valence electrons. The van der Waals surface area contributed by atoms with E-state index in [2.05, 4.69) is 22.5 Å². The van der Waals surface area contributed by atoms with Crippen molar-refractivity contribution in [2.75, 3.05) is 43.4 Å². The molecular formula is C25H31ClN4O4S. The van der Waals surface area contributed by atoms with E-state index in [1.54, 1.807) is 36.1 Å². The highest BCUT2D eigenvalue weighted by Crippen LogP contribution is 2.38. The zero-order valence-electron chi connectivity index (χ0n) is 20.1. The van der Waals surface area contributed by atoms with E-state index in [-0.39, 0.29) is 24.5 Å². The minimum Gasteiger partial charge on any atom is -0.450 e. The Balaban J connectivity index is 1.57. The van der Waals surface area contributed by atoms with Gasteiger partial charge in [-0.3, -0.25) is 14.5 Å². The Morgan fingerprint density at radius 1 is 1.23 bits per heavy atom. The first kappa shape index (κ1) is 25.5. The molecule has 0 unspecified atom stereocenters. The number of halogens is 1. The number of ether oxygens (including phenoxy) is 1. The minimum absolute atomic E-state index is 0.142. The van der Waals surface area contributed by atoms with Crippen molar-refractivity contribution in [3.63, 3.8) is 0 Å². The molecule has 2 aliphatic rings. The number of anilines is 2. The van der Waals surface area contributed by atoms with Crippen LogP contribution in [0, 0.1) is 5.92 Å².